The van der Waals surface area contributed by atoms with Crippen molar-refractivity contribution in [3.05, 3.63) is 52.3 Å². The summed E-state index contributed by atoms with van der Waals surface area (Å²) in [5.74, 6) is 0. The Hall–Kier alpha value is -1.28. The molecule has 0 amide bonds. The standard InChI is InChI=1S/C18H25ClN2/c1-17(2,3)15-14(12-13-10-8-7-9-11-13)21(18(4,5)6)20-16(15)19/h7-11H,12H2,1-6H3. The predicted molar refractivity (Wildman–Crippen MR) is 90.2 cm³/mol. The summed E-state index contributed by atoms with van der Waals surface area (Å²) in [5.41, 5.74) is 3.54. The summed E-state index contributed by atoms with van der Waals surface area (Å²) in [6.07, 6.45) is 0.852. The fraction of sp³-hybridized carbons (Fsp3) is 0.500. The van der Waals surface area contributed by atoms with Crippen molar-refractivity contribution >= 4 is 11.6 Å². The Balaban J connectivity index is 2.60. The van der Waals surface area contributed by atoms with Crippen LogP contribution >= 0.6 is 11.6 Å². The maximum atomic E-state index is 6.48. The van der Waals surface area contributed by atoms with Gasteiger partial charge in [0.1, 0.15) is 0 Å². The normalized spacial score (nSPS) is 12.7. The van der Waals surface area contributed by atoms with Gasteiger partial charge in [0, 0.05) is 17.7 Å². The van der Waals surface area contributed by atoms with Crippen LogP contribution in [0.3, 0.4) is 0 Å². The third-order valence-corrected chi connectivity index (χ3v) is 3.80. The van der Waals surface area contributed by atoms with Gasteiger partial charge in [-0.25, -0.2) is 0 Å². The smallest absolute Gasteiger partial charge is 0.155 e. The van der Waals surface area contributed by atoms with Gasteiger partial charge in [-0.1, -0.05) is 62.7 Å². The second-order valence-electron chi connectivity index (χ2n) is 7.61. The van der Waals surface area contributed by atoms with Crippen molar-refractivity contribution in [2.75, 3.05) is 0 Å². The zero-order valence-electron chi connectivity index (χ0n) is 13.9. The first-order chi connectivity index (χ1) is 9.60. The minimum Gasteiger partial charge on any atom is -0.262 e. The molecule has 0 aliphatic heterocycles. The fourth-order valence-electron chi connectivity index (χ4n) is 2.67. The molecule has 0 saturated carbocycles. The molecule has 0 unspecified atom stereocenters. The van der Waals surface area contributed by atoms with E-state index in [0.29, 0.717) is 5.15 Å². The van der Waals surface area contributed by atoms with Gasteiger partial charge < -0.3 is 0 Å². The van der Waals surface area contributed by atoms with Crippen LogP contribution in [-0.2, 0) is 17.4 Å². The molecule has 0 spiro atoms. The van der Waals surface area contributed by atoms with Gasteiger partial charge in [0.25, 0.3) is 0 Å². The second kappa shape index (κ2) is 5.49. The van der Waals surface area contributed by atoms with Crippen LogP contribution in [0.15, 0.2) is 30.3 Å². The van der Waals surface area contributed by atoms with Crippen molar-refractivity contribution in [2.24, 2.45) is 0 Å². The summed E-state index contributed by atoms with van der Waals surface area (Å²) in [7, 11) is 0. The number of benzene rings is 1. The van der Waals surface area contributed by atoms with Gasteiger partial charge in [0.15, 0.2) is 5.15 Å². The van der Waals surface area contributed by atoms with Gasteiger partial charge in [-0.3, -0.25) is 4.68 Å². The summed E-state index contributed by atoms with van der Waals surface area (Å²) in [4.78, 5) is 0. The van der Waals surface area contributed by atoms with E-state index in [1.54, 1.807) is 0 Å². The molecule has 1 aromatic heterocycles. The molecule has 114 valence electrons. The van der Waals surface area contributed by atoms with Crippen LogP contribution in [0.4, 0.5) is 0 Å². The fourth-order valence-corrected chi connectivity index (χ4v) is 3.14. The van der Waals surface area contributed by atoms with Gasteiger partial charge in [-0.15, -0.1) is 0 Å². The van der Waals surface area contributed by atoms with Crippen LogP contribution in [-0.4, -0.2) is 9.78 Å². The van der Waals surface area contributed by atoms with Crippen molar-refractivity contribution in [1.82, 2.24) is 9.78 Å². The van der Waals surface area contributed by atoms with Crippen LogP contribution in [0.25, 0.3) is 0 Å². The van der Waals surface area contributed by atoms with Crippen molar-refractivity contribution in [1.29, 1.82) is 0 Å². The lowest BCUT2D eigenvalue weighted by molar-refractivity contribution is 0.344. The maximum Gasteiger partial charge on any atom is 0.155 e. The highest BCUT2D eigenvalue weighted by molar-refractivity contribution is 6.30. The highest BCUT2D eigenvalue weighted by Gasteiger charge is 2.30. The number of aromatic nitrogens is 2. The minimum atomic E-state index is -0.0861. The lowest BCUT2D eigenvalue weighted by Gasteiger charge is -2.25. The molecule has 0 radical (unpaired) electrons. The van der Waals surface area contributed by atoms with E-state index < -0.39 is 0 Å². The molecule has 0 N–H and O–H groups in total. The average molecular weight is 305 g/mol. The van der Waals surface area contributed by atoms with E-state index in [1.807, 2.05) is 6.07 Å². The predicted octanol–water partition coefficient (Wildman–Crippen LogP) is 5.18. The van der Waals surface area contributed by atoms with E-state index >= 15 is 0 Å². The van der Waals surface area contributed by atoms with Crippen LogP contribution in [0.5, 0.6) is 0 Å². The molecule has 3 heteroatoms. The molecule has 1 heterocycles. The Kier molecular flexibility index (Phi) is 4.21. The van der Waals surface area contributed by atoms with Gasteiger partial charge >= 0.3 is 0 Å². The Bertz CT molecular complexity index is 613. The first-order valence-corrected chi connectivity index (χ1v) is 7.81. The molecule has 2 nitrogen and oxygen atoms in total. The van der Waals surface area contributed by atoms with Crippen LogP contribution in [0, 0.1) is 0 Å². The topological polar surface area (TPSA) is 17.8 Å². The van der Waals surface area contributed by atoms with E-state index in [4.69, 9.17) is 11.6 Å². The van der Waals surface area contributed by atoms with Gasteiger partial charge in [0.2, 0.25) is 0 Å². The zero-order chi connectivity index (χ0) is 15.8. The van der Waals surface area contributed by atoms with E-state index in [-0.39, 0.29) is 11.0 Å². The Morgan fingerprint density at radius 1 is 1.00 bits per heavy atom. The van der Waals surface area contributed by atoms with Crippen LogP contribution in [0.2, 0.25) is 5.15 Å². The average Bonchev–Trinajstić information content (AvgIpc) is 2.67. The minimum absolute atomic E-state index is 0.0231. The summed E-state index contributed by atoms with van der Waals surface area (Å²) in [5, 5.41) is 5.25. The molecule has 0 aliphatic rings. The molecule has 1 aromatic carbocycles. The lowest BCUT2D eigenvalue weighted by atomic mass is 9.85. The zero-order valence-corrected chi connectivity index (χ0v) is 14.6. The molecule has 0 atom stereocenters. The summed E-state index contributed by atoms with van der Waals surface area (Å²) in [6, 6.07) is 10.5. The molecule has 0 bridgehead atoms. The summed E-state index contributed by atoms with van der Waals surface area (Å²) < 4.78 is 2.09. The number of halogens is 1. The van der Waals surface area contributed by atoms with E-state index in [2.05, 4.69) is 75.6 Å². The molecule has 2 aromatic rings. The monoisotopic (exact) mass is 304 g/mol. The van der Waals surface area contributed by atoms with Crippen molar-refractivity contribution in [3.63, 3.8) is 0 Å². The highest BCUT2D eigenvalue weighted by Crippen LogP contribution is 2.35. The molecule has 0 aliphatic carbocycles. The second-order valence-corrected chi connectivity index (χ2v) is 7.97. The van der Waals surface area contributed by atoms with Gasteiger partial charge in [-0.2, -0.15) is 5.10 Å². The highest BCUT2D eigenvalue weighted by atomic mass is 35.5. The Morgan fingerprint density at radius 3 is 2.05 bits per heavy atom. The first-order valence-electron chi connectivity index (χ1n) is 7.43. The third-order valence-electron chi connectivity index (χ3n) is 3.54. The van der Waals surface area contributed by atoms with Crippen molar-refractivity contribution in [2.45, 2.75) is 58.9 Å². The molecular formula is C18H25ClN2. The largest absolute Gasteiger partial charge is 0.262 e. The van der Waals surface area contributed by atoms with Gasteiger partial charge in [0.05, 0.1) is 5.54 Å². The summed E-state index contributed by atoms with van der Waals surface area (Å²) >= 11 is 6.48. The molecule has 0 saturated heterocycles. The van der Waals surface area contributed by atoms with Crippen molar-refractivity contribution in [3.8, 4) is 0 Å². The van der Waals surface area contributed by atoms with Crippen LogP contribution in [0.1, 0.15) is 58.4 Å². The van der Waals surface area contributed by atoms with E-state index in [9.17, 15) is 0 Å². The number of hydrogen-bond donors (Lipinski definition) is 0. The Labute approximate surface area is 133 Å². The molecule has 2 rings (SSSR count). The quantitative estimate of drug-likeness (QED) is 0.747. The summed E-state index contributed by atoms with van der Waals surface area (Å²) in [6.45, 7) is 13.1. The maximum absolute atomic E-state index is 6.48. The van der Waals surface area contributed by atoms with Crippen LogP contribution < -0.4 is 0 Å². The number of rotatable bonds is 2. The SMILES string of the molecule is CC(C)(C)c1c(Cl)nn(C(C)(C)C)c1Cc1ccccc1. The van der Waals surface area contributed by atoms with E-state index in [0.717, 1.165) is 12.0 Å². The number of nitrogens with zero attached hydrogens (tertiary/aromatic N) is 2. The molecule has 0 fully saturated rings. The third kappa shape index (κ3) is 3.49. The first kappa shape index (κ1) is 16.1. The molecule has 21 heavy (non-hydrogen) atoms. The van der Waals surface area contributed by atoms with E-state index in [1.165, 1.54) is 11.3 Å². The lowest BCUT2D eigenvalue weighted by Crippen LogP contribution is -2.26. The van der Waals surface area contributed by atoms with Crippen molar-refractivity contribution < 1.29 is 0 Å². The Morgan fingerprint density at radius 2 is 1.57 bits per heavy atom. The number of hydrogen-bond acceptors (Lipinski definition) is 1. The van der Waals surface area contributed by atoms with Gasteiger partial charge in [-0.05, 0) is 31.7 Å². The molecular weight excluding hydrogens is 280 g/mol.